The van der Waals surface area contributed by atoms with Crippen LogP contribution in [0.3, 0.4) is 0 Å². The Balaban J connectivity index is 1.30. The predicted molar refractivity (Wildman–Crippen MR) is 124 cm³/mol. The topological polar surface area (TPSA) is 71.7 Å². The Bertz CT molecular complexity index is 1090. The van der Waals surface area contributed by atoms with Crippen molar-refractivity contribution in [3.8, 4) is 17.1 Å². The number of methoxy groups -OCH3 is 1. The van der Waals surface area contributed by atoms with Crippen LogP contribution in [0.5, 0.6) is 5.75 Å². The molecule has 0 spiro atoms. The third-order valence-electron chi connectivity index (χ3n) is 5.25. The van der Waals surface area contributed by atoms with Crippen LogP contribution in [0, 0.1) is 0 Å². The zero-order chi connectivity index (χ0) is 22.5. The zero-order valence-corrected chi connectivity index (χ0v) is 19.0. The van der Waals surface area contributed by atoms with Gasteiger partial charge in [-0.15, -0.1) is 0 Å². The highest BCUT2D eigenvalue weighted by Gasteiger charge is 2.21. The number of amides is 1. The van der Waals surface area contributed by atoms with Crippen molar-refractivity contribution in [1.82, 2.24) is 19.9 Å². The lowest BCUT2D eigenvalue weighted by atomic mass is 10.2. The van der Waals surface area contributed by atoms with Gasteiger partial charge in [-0.2, -0.15) is 4.98 Å². The van der Waals surface area contributed by atoms with Crippen molar-refractivity contribution in [2.45, 2.75) is 6.54 Å². The maximum absolute atomic E-state index is 12.5. The minimum absolute atomic E-state index is 0.0692. The summed E-state index contributed by atoms with van der Waals surface area (Å²) < 4.78 is 10.6. The molecule has 2 heterocycles. The summed E-state index contributed by atoms with van der Waals surface area (Å²) >= 11 is 12.3. The van der Waals surface area contributed by atoms with Gasteiger partial charge < -0.3 is 14.2 Å². The Morgan fingerprint density at radius 2 is 1.78 bits per heavy atom. The van der Waals surface area contributed by atoms with Crippen LogP contribution >= 0.6 is 23.2 Å². The lowest BCUT2D eigenvalue weighted by molar-refractivity contribution is -0.127. The normalized spacial score (nSPS) is 14.8. The summed E-state index contributed by atoms with van der Waals surface area (Å²) in [5, 5.41) is 5.10. The molecule has 0 atom stereocenters. The second-order valence-electron chi connectivity index (χ2n) is 7.31. The van der Waals surface area contributed by atoms with E-state index in [0.29, 0.717) is 60.0 Å². The average molecular weight is 473 g/mol. The van der Waals surface area contributed by atoms with Gasteiger partial charge in [0.1, 0.15) is 5.75 Å². The number of rotatable bonds is 6. The van der Waals surface area contributed by atoms with Crippen LogP contribution in [0.25, 0.3) is 17.5 Å². The molecule has 2 aromatic carbocycles. The van der Waals surface area contributed by atoms with Gasteiger partial charge in [-0.3, -0.25) is 9.69 Å². The van der Waals surface area contributed by atoms with Crippen molar-refractivity contribution in [2.24, 2.45) is 0 Å². The molecule has 1 amide bonds. The number of carbonyl (C=O) groups is 1. The Kier molecular flexibility index (Phi) is 7.09. The number of hydrogen-bond donors (Lipinski definition) is 0. The van der Waals surface area contributed by atoms with E-state index in [9.17, 15) is 4.79 Å². The molecule has 0 N–H and O–H groups in total. The summed E-state index contributed by atoms with van der Waals surface area (Å²) in [5.41, 5.74) is 1.51. The van der Waals surface area contributed by atoms with Gasteiger partial charge in [0.2, 0.25) is 17.6 Å². The largest absolute Gasteiger partial charge is 0.497 e. The second-order valence-corrected chi connectivity index (χ2v) is 8.12. The average Bonchev–Trinajstić information content (AvgIpc) is 3.27. The molecule has 0 radical (unpaired) electrons. The van der Waals surface area contributed by atoms with E-state index in [2.05, 4.69) is 15.0 Å². The van der Waals surface area contributed by atoms with Crippen molar-refractivity contribution in [1.29, 1.82) is 0 Å². The first-order valence-corrected chi connectivity index (χ1v) is 10.9. The first-order valence-electron chi connectivity index (χ1n) is 10.1. The number of piperazine rings is 1. The first kappa shape index (κ1) is 22.3. The minimum Gasteiger partial charge on any atom is -0.497 e. The summed E-state index contributed by atoms with van der Waals surface area (Å²) in [6.45, 7) is 3.19. The van der Waals surface area contributed by atoms with E-state index in [1.165, 1.54) is 6.08 Å². The highest BCUT2D eigenvalue weighted by molar-refractivity contribution is 6.37. The molecule has 1 aromatic heterocycles. The van der Waals surface area contributed by atoms with Crippen molar-refractivity contribution < 1.29 is 14.1 Å². The SMILES string of the molecule is COc1ccc(-c2noc(CN3CCN(C(=O)/C=C/c4c(Cl)cccc4Cl)CC3)n2)cc1. The molecular weight excluding hydrogens is 451 g/mol. The summed E-state index contributed by atoms with van der Waals surface area (Å²) in [7, 11) is 1.62. The highest BCUT2D eigenvalue weighted by atomic mass is 35.5. The summed E-state index contributed by atoms with van der Waals surface area (Å²) in [4.78, 5) is 21.0. The molecule has 7 nitrogen and oxygen atoms in total. The van der Waals surface area contributed by atoms with Crippen molar-refractivity contribution in [3.63, 3.8) is 0 Å². The Hall–Kier alpha value is -2.87. The van der Waals surface area contributed by atoms with Gasteiger partial charge in [0, 0.05) is 53.4 Å². The van der Waals surface area contributed by atoms with Crippen LogP contribution in [-0.4, -0.2) is 59.1 Å². The Morgan fingerprint density at radius 1 is 1.09 bits per heavy atom. The molecule has 32 heavy (non-hydrogen) atoms. The van der Waals surface area contributed by atoms with E-state index >= 15 is 0 Å². The van der Waals surface area contributed by atoms with Crippen LogP contribution in [0.4, 0.5) is 0 Å². The van der Waals surface area contributed by atoms with Crippen molar-refractivity contribution in [3.05, 3.63) is 70.0 Å². The summed E-state index contributed by atoms with van der Waals surface area (Å²) in [6, 6.07) is 12.8. The van der Waals surface area contributed by atoms with Gasteiger partial charge >= 0.3 is 0 Å². The summed E-state index contributed by atoms with van der Waals surface area (Å²) in [5.74, 6) is 1.79. The molecule has 166 valence electrons. The number of carbonyl (C=O) groups excluding carboxylic acids is 1. The molecular formula is C23H22Cl2N4O3. The van der Waals surface area contributed by atoms with E-state index in [4.69, 9.17) is 32.5 Å². The summed E-state index contributed by atoms with van der Waals surface area (Å²) in [6.07, 6.45) is 3.18. The molecule has 1 aliphatic heterocycles. The molecule has 3 aromatic rings. The number of aromatic nitrogens is 2. The molecule has 0 unspecified atom stereocenters. The molecule has 1 aliphatic rings. The molecule has 4 rings (SSSR count). The predicted octanol–water partition coefficient (Wildman–Crippen LogP) is 4.41. The smallest absolute Gasteiger partial charge is 0.246 e. The van der Waals surface area contributed by atoms with Crippen molar-refractivity contribution in [2.75, 3.05) is 33.3 Å². The van der Waals surface area contributed by atoms with E-state index in [1.54, 1.807) is 36.3 Å². The number of hydrogen-bond acceptors (Lipinski definition) is 6. The van der Waals surface area contributed by atoms with Gasteiger partial charge in [0.05, 0.1) is 13.7 Å². The maximum Gasteiger partial charge on any atom is 0.246 e. The molecule has 0 aliphatic carbocycles. The van der Waals surface area contributed by atoms with E-state index in [1.807, 2.05) is 24.3 Å². The maximum atomic E-state index is 12.5. The molecule has 1 saturated heterocycles. The Labute approximate surface area is 196 Å². The van der Waals surface area contributed by atoms with Gasteiger partial charge in [-0.1, -0.05) is 34.4 Å². The number of ether oxygens (including phenoxy) is 1. The molecule has 9 heteroatoms. The van der Waals surface area contributed by atoms with Crippen molar-refractivity contribution >= 4 is 35.2 Å². The third kappa shape index (κ3) is 5.30. The van der Waals surface area contributed by atoms with Crippen LogP contribution in [0.1, 0.15) is 11.5 Å². The Morgan fingerprint density at radius 3 is 2.44 bits per heavy atom. The quantitative estimate of drug-likeness (QED) is 0.494. The van der Waals surface area contributed by atoms with Gasteiger partial charge in [0.15, 0.2) is 0 Å². The van der Waals surface area contributed by atoms with Crippen LogP contribution < -0.4 is 4.74 Å². The standard InChI is InChI=1S/C23H22Cl2N4O3/c1-31-17-7-5-16(6-8-17)23-26-21(32-27-23)15-28-11-13-29(14-12-28)22(30)10-9-18-19(24)3-2-4-20(18)25/h2-10H,11-15H2,1H3/b10-9+. The molecule has 0 bridgehead atoms. The first-order chi connectivity index (χ1) is 15.5. The lowest BCUT2D eigenvalue weighted by Gasteiger charge is -2.33. The number of benzene rings is 2. The van der Waals surface area contributed by atoms with Gasteiger partial charge in [-0.25, -0.2) is 0 Å². The minimum atomic E-state index is -0.0692. The monoisotopic (exact) mass is 472 g/mol. The van der Waals surface area contributed by atoms with Crippen LogP contribution in [0.2, 0.25) is 10.0 Å². The molecule has 0 saturated carbocycles. The zero-order valence-electron chi connectivity index (χ0n) is 17.5. The lowest BCUT2D eigenvalue weighted by Crippen LogP contribution is -2.47. The van der Waals surface area contributed by atoms with Crippen LogP contribution in [0.15, 0.2) is 53.1 Å². The van der Waals surface area contributed by atoms with Gasteiger partial charge in [-0.05, 0) is 42.5 Å². The second kappa shape index (κ2) is 10.2. The fourth-order valence-electron chi connectivity index (χ4n) is 3.42. The highest BCUT2D eigenvalue weighted by Crippen LogP contribution is 2.25. The van der Waals surface area contributed by atoms with E-state index < -0.39 is 0 Å². The fraction of sp³-hybridized carbons (Fsp3) is 0.261. The third-order valence-corrected chi connectivity index (χ3v) is 5.91. The van der Waals surface area contributed by atoms with Crippen LogP contribution in [-0.2, 0) is 11.3 Å². The molecule has 1 fully saturated rings. The number of halogens is 2. The number of nitrogens with zero attached hydrogens (tertiary/aromatic N) is 4. The van der Waals surface area contributed by atoms with E-state index in [0.717, 1.165) is 11.3 Å². The van der Waals surface area contributed by atoms with E-state index in [-0.39, 0.29) is 5.91 Å². The van der Waals surface area contributed by atoms with Gasteiger partial charge in [0.25, 0.3) is 0 Å². The fourth-order valence-corrected chi connectivity index (χ4v) is 3.95.